The first-order valence-electron chi connectivity index (χ1n) is 5.59. The molecule has 2 N–H and O–H groups in total. The molecule has 0 radical (unpaired) electrons. The second-order valence-electron chi connectivity index (χ2n) is 3.72. The summed E-state index contributed by atoms with van der Waals surface area (Å²) < 4.78 is 4.96. The quantitative estimate of drug-likeness (QED) is 0.558. The minimum Gasteiger partial charge on any atom is -0.383 e. The molecule has 1 rings (SSSR count). The summed E-state index contributed by atoms with van der Waals surface area (Å²) in [5.74, 6) is 0.547. The maximum atomic E-state index is 10.9. The number of hydrogen-bond acceptors (Lipinski definition) is 7. The Morgan fingerprint density at radius 2 is 2.33 bits per heavy atom. The molecule has 1 atom stereocenters. The van der Waals surface area contributed by atoms with Gasteiger partial charge in [-0.25, -0.2) is 4.98 Å². The minimum absolute atomic E-state index is 0.0851. The van der Waals surface area contributed by atoms with Crippen LogP contribution in [0.5, 0.6) is 0 Å². The Morgan fingerprint density at radius 3 is 2.89 bits per heavy atom. The Bertz CT molecular complexity index is 412. The molecule has 0 saturated heterocycles. The third-order valence-electron chi connectivity index (χ3n) is 2.10. The van der Waals surface area contributed by atoms with Gasteiger partial charge in [-0.05, 0) is 13.8 Å². The predicted octanol–water partition coefficient (Wildman–Crippen LogP) is 1.26. The molecule has 1 aromatic heterocycles. The van der Waals surface area contributed by atoms with Crippen molar-refractivity contribution in [2.45, 2.75) is 19.9 Å². The third-order valence-corrected chi connectivity index (χ3v) is 2.10. The summed E-state index contributed by atoms with van der Waals surface area (Å²) in [6.45, 7) is 4.82. The first-order valence-corrected chi connectivity index (χ1v) is 5.59. The number of anilines is 2. The zero-order valence-electron chi connectivity index (χ0n) is 10.6. The van der Waals surface area contributed by atoms with E-state index in [0.717, 1.165) is 0 Å². The van der Waals surface area contributed by atoms with Crippen molar-refractivity contribution < 1.29 is 9.66 Å². The van der Waals surface area contributed by atoms with Gasteiger partial charge in [0.05, 0.1) is 11.5 Å². The first kappa shape index (κ1) is 14.1. The van der Waals surface area contributed by atoms with Crippen LogP contribution in [0, 0.1) is 10.1 Å². The topological polar surface area (TPSA) is 102 Å². The lowest BCUT2D eigenvalue weighted by Crippen LogP contribution is -2.22. The zero-order valence-corrected chi connectivity index (χ0v) is 10.6. The SMILES string of the molecule is CCNc1ncc([N+](=O)[O-])c(NC(C)COC)n1. The van der Waals surface area contributed by atoms with Gasteiger partial charge in [0, 0.05) is 19.7 Å². The lowest BCUT2D eigenvalue weighted by atomic mass is 10.3. The summed E-state index contributed by atoms with van der Waals surface area (Å²) in [5.41, 5.74) is -0.153. The summed E-state index contributed by atoms with van der Waals surface area (Å²) >= 11 is 0. The summed E-state index contributed by atoms with van der Waals surface area (Å²) in [6.07, 6.45) is 1.19. The molecule has 0 amide bonds. The number of hydrogen-bond donors (Lipinski definition) is 2. The minimum atomic E-state index is -0.516. The van der Waals surface area contributed by atoms with Crippen molar-refractivity contribution in [3.63, 3.8) is 0 Å². The molecule has 0 bridgehead atoms. The molecule has 8 nitrogen and oxygen atoms in total. The number of aromatic nitrogens is 2. The molecule has 0 aliphatic carbocycles. The van der Waals surface area contributed by atoms with Gasteiger partial charge in [0.1, 0.15) is 6.20 Å². The molecule has 0 aliphatic rings. The van der Waals surface area contributed by atoms with Crippen molar-refractivity contribution in [1.82, 2.24) is 9.97 Å². The molecule has 1 heterocycles. The van der Waals surface area contributed by atoms with Crippen LogP contribution in [-0.2, 0) is 4.74 Å². The van der Waals surface area contributed by atoms with Crippen molar-refractivity contribution in [1.29, 1.82) is 0 Å². The fourth-order valence-electron chi connectivity index (χ4n) is 1.38. The highest BCUT2D eigenvalue weighted by molar-refractivity contribution is 5.57. The summed E-state index contributed by atoms with van der Waals surface area (Å²) in [7, 11) is 1.57. The first-order chi connectivity index (χ1) is 8.58. The number of rotatable bonds is 7. The second-order valence-corrected chi connectivity index (χ2v) is 3.72. The van der Waals surface area contributed by atoms with E-state index in [1.54, 1.807) is 7.11 Å². The Kier molecular flexibility index (Phi) is 5.25. The molecule has 0 fully saturated rings. The molecule has 0 saturated carbocycles. The van der Waals surface area contributed by atoms with Gasteiger partial charge in [0.2, 0.25) is 11.8 Å². The van der Waals surface area contributed by atoms with E-state index in [2.05, 4.69) is 20.6 Å². The van der Waals surface area contributed by atoms with E-state index < -0.39 is 4.92 Å². The molecule has 0 aliphatic heterocycles. The Labute approximate surface area is 105 Å². The Morgan fingerprint density at radius 1 is 1.61 bits per heavy atom. The fourth-order valence-corrected chi connectivity index (χ4v) is 1.38. The maximum absolute atomic E-state index is 10.9. The lowest BCUT2D eigenvalue weighted by Gasteiger charge is -2.13. The Balaban J connectivity index is 2.95. The monoisotopic (exact) mass is 255 g/mol. The largest absolute Gasteiger partial charge is 0.383 e. The van der Waals surface area contributed by atoms with Gasteiger partial charge in [-0.3, -0.25) is 10.1 Å². The molecule has 0 aromatic carbocycles. The van der Waals surface area contributed by atoms with Crippen LogP contribution < -0.4 is 10.6 Å². The van der Waals surface area contributed by atoms with E-state index in [-0.39, 0.29) is 17.5 Å². The van der Waals surface area contributed by atoms with Crippen LogP contribution in [-0.4, -0.2) is 41.2 Å². The van der Waals surface area contributed by atoms with Crippen LogP contribution in [0.1, 0.15) is 13.8 Å². The van der Waals surface area contributed by atoms with Gasteiger partial charge in [0.25, 0.3) is 0 Å². The average Bonchev–Trinajstić information content (AvgIpc) is 2.29. The molecule has 100 valence electrons. The van der Waals surface area contributed by atoms with E-state index in [0.29, 0.717) is 19.1 Å². The van der Waals surface area contributed by atoms with Gasteiger partial charge in [-0.15, -0.1) is 0 Å². The standard InChI is InChI=1S/C10H17N5O3/c1-4-11-10-12-5-8(15(16)17)9(14-10)13-7(2)6-18-3/h5,7H,4,6H2,1-3H3,(H2,11,12,13,14). The van der Waals surface area contributed by atoms with E-state index in [1.165, 1.54) is 6.20 Å². The van der Waals surface area contributed by atoms with E-state index >= 15 is 0 Å². The van der Waals surface area contributed by atoms with Gasteiger partial charge >= 0.3 is 5.69 Å². The molecular formula is C10H17N5O3. The van der Waals surface area contributed by atoms with Crippen molar-refractivity contribution in [2.75, 3.05) is 30.9 Å². The highest BCUT2D eigenvalue weighted by Gasteiger charge is 2.18. The van der Waals surface area contributed by atoms with Crippen LogP contribution in [0.2, 0.25) is 0 Å². The normalized spacial score (nSPS) is 11.9. The second kappa shape index (κ2) is 6.70. The van der Waals surface area contributed by atoms with E-state index in [4.69, 9.17) is 4.74 Å². The van der Waals surface area contributed by atoms with Crippen molar-refractivity contribution in [3.8, 4) is 0 Å². The highest BCUT2D eigenvalue weighted by Crippen LogP contribution is 2.22. The molecule has 1 aromatic rings. The Hall–Kier alpha value is -1.96. The number of nitrogens with one attached hydrogen (secondary N) is 2. The van der Waals surface area contributed by atoms with Gasteiger partial charge in [-0.1, -0.05) is 0 Å². The molecule has 8 heteroatoms. The molecule has 0 spiro atoms. The summed E-state index contributed by atoms with van der Waals surface area (Å²) in [5, 5.41) is 16.7. The van der Waals surface area contributed by atoms with Crippen LogP contribution >= 0.6 is 0 Å². The smallest absolute Gasteiger partial charge is 0.329 e. The predicted molar refractivity (Wildman–Crippen MR) is 67.8 cm³/mol. The summed E-state index contributed by atoms with van der Waals surface area (Å²) in [6, 6.07) is -0.0851. The molecule has 1 unspecified atom stereocenters. The maximum Gasteiger partial charge on any atom is 0.329 e. The van der Waals surface area contributed by atoms with Crippen molar-refractivity contribution in [2.24, 2.45) is 0 Å². The number of ether oxygens (including phenoxy) is 1. The third kappa shape index (κ3) is 3.81. The van der Waals surface area contributed by atoms with Crippen LogP contribution in [0.25, 0.3) is 0 Å². The van der Waals surface area contributed by atoms with E-state index in [9.17, 15) is 10.1 Å². The van der Waals surface area contributed by atoms with Crippen molar-refractivity contribution >= 4 is 17.5 Å². The molecular weight excluding hydrogens is 238 g/mol. The van der Waals surface area contributed by atoms with Crippen LogP contribution in [0.4, 0.5) is 17.5 Å². The highest BCUT2D eigenvalue weighted by atomic mass is 16.6. The van der Waals surface area contributed by atoms with Crippen LogP contribution in [0.3, 0.4) is 0 Å². The van der Waals surface area contributed by atoms with Gasteiger partial charge in [0.15, 0.2) is 0 Å². The van der Waals surface area contributed by atoms with Crippen molar-refractivity contribution in [3.05, 3.63) is 16.3 Å². The fraction of sp³-hybridized carbons (Fsp3) is 0.600. The number of nitrogens with zero attached hydrogens (tertiary/aromatic N) is 3. The van der Waals surface area contributed by atoms with Crippen LogP contribution in [0.15, 0.2) is 6.20 Å². The number of nitro groups is 1. The lowest BCUT2D eigenvalue weighted by molar-refractivity contribution is -0.384. The number of methoxy groups -OCH3 is 1. The molecule has 18 heavy (non-hydrogen) atoms. The zero-order chi connectivity index (χ0) is 13.5. The van der Waals surface area contributed by atoms with E-state index in [1.807, 2.05) is 13.8 Å². The van der Waals surface area contributed by atoms with Gasteiger partial charge < -0.3 is 15.4 Å². The average molecular weight is 255 g/mol. The van der Waals surface area contributed by atoms with Gasteiger partial charge in [-0.2, -0.15) is 4.98 Å². The summed E-state index contributed by atoms with van der Waals surface area (Å²) in [4.78, 5) is 18.3.